The molecule has 0 saturated carbocycles. The van der Waals surface area contributed by atoms with Crippen molar-refractivity contribution in [2.24, 2.45) is 0 Å². The van der Waals surface area contributed by atoms with Gasteiger partial charge in [0.15, 0.2) is 0 Å². The summed E-state index contributed by atoms with van der Waals surface area (Å²) in [5.41, 5.74) is 4.11. The maximum atomic E-state index is 13.0. The molecule has 0 aliphatic carbocycles. The topological polar surface area (TPSA) is 81.2 Å². The van der Waals surface area contributed by atoms with Gasteiger partial charge >= 0.3 is 0 Å². The van der Waals surface area contributed by atoms with Crippen molar-refractivity contribution in [1.82, 2.24) is 14.7 Å². The molecule has 0 N–H and O–H groups in total. The Morgan fingerprint density at radius 1 is 1.00 bits per heavy atom. The van der Waals surface area contributed by atoms with E-state index in [1.807, 2.05) is 69.3 Å². The highest BCUT2D eigenvalue weighted by Crippen LogP contribution is 2.22. The van der Waals surface area contributed by atoms with Crippen molar-refractivity contribution in [2.45, 2.75) is 27.3 Å². The van der Waals surface area contributed by atoms with Gasteiger partial charge in [-0.1, -0.05) is 41.1 Å². The summed E-state index contributed by atoms with van der Waals surface area (Å²) in [6.07, 6.45) is 1.58. The predicted molar refractivity (Wildman–Crippen MR) is 123 cm³/mol. The molecule has 0 atom stereocenters. The van der Waals surface area contributed by atoms with Crippen molar-refractivity contribution in [2.75, 3.05) is 11.4 Å². The molecular formula is C25H24N4O3. The van der Waals surface area contributed by atoms with Crippen molar-refractivity contribution < 1.29 is 9.32 Å². The van der Waals surface area contributed by atoms with Gasteiger partial charge in [0.1, 0.15) is 6.54 Å². The van der Waals surface area contributed by atoms with Crippen LogP contribution in [-0.4, -0.2) is 27.2 Å². The highest BCUT2D eigenvalue weighted by atomic mass is 16.5. The number of aryl methyl sites for hydroxylation is 2. The first-order valence-electron chi connectivity index (χ1n) is 10.4. The summed E-state index contributed by atoms with van der Waals surface area (Å²) in [6, 6.07) is 18.6. The van der Waals surface area contributed by atoms with Crippen molar-refractivity contribution in [3.63, 3.8) is 0 Å². The summed E-state index contributed by atoms with van der Waals surface area (Å²) in [7, 11) is 0. The number of amides is 1. The van der Waals surface area contributed by atoms with Gasteiger partial charge < -0.3 is 14.0 Å². The minimum atomic E-state index is -0.277. The Morgan fingerprint density at radius 3 is 2.47 bits per heavy atom. The first kappa shape index (κ1) is 21.2. The van der Waals surface area contributed by atoms with E-state index in [4.69, 9.17) is 4.52 Å². The third-order valence-electron chi connectivity index (χ3n) is 5.17. The van der Waals surface area contributed by atoms with E-state index in [1.165, 1.54) is 10.6 Å². The number of aromatic nitrogens is 3. The maximum Gasteiger partial charge on any atom is 0.259 e. The molecule has 0 radical (unpaired) electrons. The van der Waals surface area contributed by atoms with Crippen LogP contribution in [0.25, 0.3) is 22.8 Å². The summed E-state index contributed by atoms with van der Waals surface area (Å²) < 4.78 is 6.79. The van der Waals surface area contributed by atoms with E-state index < -0.39 is 0 Å². The molecule has 162 valence electrons. The summed E-state index contributed by atoms with van der Waals surface area (Å²) in [4.78, 5) is 31.5. The Morgan fingerprint density at radius 2 is 1.75 bits per heavy atom. The second-order valence-corrected chi connectivity index (χ2v) is 7.65. The fraction of sp³-hybridized carbons (Fsp3) is 0.200. The van der Waals surface area contributed by atoms with Gasteiger partial charge in [-0.25, -0.2) is 0 Å². The molecule has 2 heterocycles. The first-order chi connectivity index (χ1) is 15.4. The Kier molecular flexibility index (Phi) is 5.98. The summed E-state index contributed by atoms with van der Waals surface area (Å²) in [5.74, 6) is 0.575. The van der Waals surface area contributed by atoms with Gasteiger partial charge in [-0.3, -0.25) is 9.59 Å². The van der Waals surface area contributed by atoms with Crippen LogP contribution in [0.4, 0.5) is 5.69 Å². The lowest BCUT2D eigenvalue weighted by atomic mass is 10.1. The SMILES string of the molecule is CCN(C(=O)Cn1cc(-c2nc(-c3cccc(C)c3)no2)ccc1=O)c1cccc(C)c1. The summed E-state index contributed by atoms with van der Waals surface area (Å²) >= 11 is 0. The molecule has 0 aliphatic rings. The number of carbonyl (C=O) groups excluding carboxylic acids is 1. The lowest BCUT2D eigenvalue weighted by Crippen LogP contribution is -2.36. The molecule has 0 unspecified atom stereocenters. The largest absolute Gasteiger partial charge is 0.334 e. The number of carbonyl (C=O) groups is 1. The number of nitrogens with zero attached hydrogens (tertiary/aromatic N) is 4. The number of hydrogen-bond acceptors (Lipinski definition) is 5. The Hall–Kier alpha value is -4.00. The van der Waals surface area contributed by atoms with E-state index in [0.717, 1.165) is 22.4 Å². The highest BCUT2D eigenvalue weighted by Gasteiger charge is 2.17. The number of anilines is 1. The van der Waals surface area contributed by atoms with Crippen LogP contribution in [0.2, 0.25) is 0 Å². The molecule has 7 nitrogen and oxygen atoms in total. The van der Waals surface area contributed by atoms with Crippen molar-refractivity contribution in [3.05, 3.63) is 88.3 Å². The summed E-state index contributed by atoms with van der Waals surface area (Å²) in [6.45, 7) is 6.29. The van der Waals surface area contributed by atoms with Gasteiger partial charge in [0.2, 0.25) is 11.7 Å². The molecular weight excluding hydrogens is 404 g/mol. The zero-order valence-corrected chi connectivity index (χ0v) is 18.3. The van der Waals surface area contributed by atoms with E-state index in [9.17, 15) is 9.59 Å². The molecule has 2 aromatic heterocycles. The zero-order chi connectivity index (χ0) is 22.7. The molecule has 0 spiro atoms. The molecule has 0 fully saturated rings. The quantitative estimate of drug-likeness (QED) is 0.459. The summed E-state index contributed by atoms with van der Waals surface area (Å²) in [5, 5.41) is 4.06. The second-order valence-electron chi connectivity index (χ2n) is 7.65. The van der Waals surface area contributed by atoms with E-state index in [2.05, 4.69) is 10.1 Å². The van der Waals surface area contributed by atoms with Crippen LogP contribution in [-0.2, 0) is 11.3 Å². The maximum absolute atomic E-state index is 13.0. The fourth-order valence-electron chi connectivity index (χ4n) is 3.55. The van der Waals surface area contributed by atoms with Crippen molar-refractivity contribution >= 4 is 11.6 Å². The monoisotopic (exact) mass is 428 g/mol. The number of hydrogen-bond donors (Lipinski definition) is 0. The first-order valence-corrected chi connectivity index (χ1v) is 10.4. The predicted octanol–water partition coefficient (Wildman–Crippen LogP) is 4.24. The standard InChI is InChI=1S/C25H24N4O3/c1-4-29(21-10-6-8-18(3)14-21)23(31)16-28-15-20(11-12-22(28)30)25-26-24(27-32-25)19-9-5-7-17(2)13-19/h5-15H,4,16H2,1-3H3. The fourth-order valence-corrected chi connectivity index (χ4v) is 3.55. The van der Waals surface area contributed by atoms with E-state index in [1.54, 1.807) is 17.2 Å². The number of benzene rings is 2. The minimum Gasteiger partial charge on any atom is -0.334 e. The normalized spacial score (nSPS) is 10.8. The molecule has 4 rings (SSSR count). The molecule has 0 bridgehead atoms. The molecule has 32 heavy (non-hydrogen) atoms. The molecule has 0 aliphatic heterocycles. The molecule has 1 amide bonds. The average molecular weight is 428 g/mol. The Labute approximate surface area is 185 Å². The van der Waals surface area contributed by atoms with E-state index in [0.29, 0.717) is 17.9 Å². The molecule has 0 saturated heterocycles. The minimum absolute atomic E-state index is 0.0900. The van der Waals surface area contributed by atoms with Crippen molar-refractivity contribution in [3.8, 4) is 22.8 Å². The smallest absolute Gasteiger partial charge is 0.259 e. The van der Waals surface area contributed by atoms with Crippen LogP contribution in [0.3, 0.4) is 0 Å². The van der Waals surface area contributed by atoms with Gasteiger partial charge in [0.25, 0.3) is 11.4 Å². The lowest BCUT2D eigenvalue weighted by Gasteiger charge is -2.22. The molecule has 4 aromatic rings. The van der Waals surface area contributed by atoms with Crippen LogP contribution in [0, 0.1) is 13.8 Å². The van der Waals surface area contributed by atoms with Gasteiger partial charge in [0, 0.05) is 30.1 Å². The number of rotatable bonds is 6. The average Bonchev–Trinajstić information content (AvgIpc) is 3.26. The van der Waals surface area contributed by atoms with Crippen LogP contribution in [0.1, 0.15) is 18.1 Å². The van der Waals surface area contributed by atoms with E-state index >= 15 is 0 Å². The third-order valence-corrected chi connectivity index (χ3v) is 5.17. The van der Waals surface area contributed by atoms with Gasteiger partial charge in [-0.05, 0) is 50.6 Å². The van der Waals surface area contributed by atoms with Gasteiger partial charge in [-0.15, -0.1) is 0 Å². The zero-order valence-electron chi connectivity index (χ0n) is 18.3. The number of pyridine rings is 1. The van der Waals surface area contributed by atoms with Crippen LogP contribution >= 0.6 is 0 Å². The molecule has 2 aromatic carbocycles. The Bertz CT molecular complexity index is 1320. The lowest BCUT2D eigenvalue weighted by molar-refractivity contribution is -0.119. The van der Waals surface area contributed by atoms with Crippen LogP contribution < -0.4 is 10.5 Å². The van der Waals surface area contributed by atoms with Crippen molar-refractivity contribution in [1.29, 1.82) is 0 Å². The number of likely N-dealkylation sites (N-methyl/N-ethyl adjacent to an activating group) is 1. The van der Waals surface area contributed by atoms with Gasteiger partial charge in [-0.2, -0.15) is 4.98 Å². The van der Waals surface area contributed by atoms with Gasteiger partial charge in [0.05, 0.1) is 5.56 Å². The highest BCUT2D eigenvalue weighted by molar-refractivity contribution is 5.93. The van der Waals surface area contributed by atoms with Crippen LogP contribution in [0.15, 0.2) is 76.2 Å². The van der Waals surface area contributed by atoms with Crippen LogP contribution in [0.5, 0.6) is 0 Å². The Balaban J connectivity index is 1.59. The molecule has 7 heteroatoms. The van der Waals surface area contributed by atoms with E-state index in [-0.39, 0.29) is 23.9 Å². The second kappa shape index (κ2) is 9.01. The third kappa shape index (κ3) is 4.51.